The van der Waals surface area contributed by atoms with E-state index < -0.39 is 4.74 Å². The minimum atomic E-state index is -0.586. The molecule has 0 aromatic carbocycles. The molecule has 0 heterocycles. The number of methoxy groups -OCH3 is 2. The fraction of sp³-hybridized carbons (Fsp3) is 0.273. The van der Waals surface area contributed by atoms with Crippen molar-refractivity contribution in [1.82, 2.24) is 0 Å². The Morgan fingerprint density at radius 3 is 2.47 bits per heavy atom. The van der Waals surface area contributed by atoms with Crippen LogP contribution in [0.2, 0.25) is 0 Å². The van der Waals surface area contributed by atoms with Crippen molar-refractivity contribution in [3.05, 3.63) is 44.0 Å². The molecule has 2 nitrogen and oxygen atoms in total. The predicted molar refractivity (Wildman–Crippen MR) is 70.6 cm³/mol. The van der Waals surface area contributed by atoms with Gasteiger partial charge in [0.25, 0.3) is 0 Å². The molecule has 6 heteroatoms. The van der Waals surface area contributed by atoms with Crippen molar-refractivity contribution in [2.24, 2.45) is 0 Å². The molecule has 0 bridgehead atoms. The minimum absolute atomic E-state index is 0.235. The molecule has 17 heavy (non-hydrogen) atoms. The van der Waals surface area contributed by atoms with E-state index in [2.05, 4.69) is 15.9 Å². The monoisotopic (exact) mass is 342 g/mol. The van der Waals surface area contributed by atoms with Crippen LogP contribution < -0.4 is 0 Å². The summed E-state index contributed by atoms with van der Waals surface area (Å²) in [5.41, 5.74) is 0.310. The Balaban J connectivity index is 3.39. The van der Waals surface area contributed by atoms with E-state index in [9.17, 15) is 4.39 Å². The van der Waals surface area contributed by atoms with Gasteiger partial charge in [-0.1, -0.05) is 23.2 Å². The van der Waals surface area contributed by atoms with Crippen LogP contribution in [0.3, 0.4) is 0 Å². The molecule has 0 saturated carbocycles. The lowest BCUT2D eigenvalue weighted by atomic mass is 10.2. The smallest absolute Gasteiger partial charge is 0.166 e. The van der Waals surface area contributed by atoms with Crippen LogP contribution in [0.4, 0.5) is 4.39 Å². The van der Waals surface area contributed by atoms with E-state index >= 15 is 0 Å². The van der Waals surface area contributed by atoms with Gasteiger partial charge in [0, 0.05) is 12.0 Å². The van der Waals surface area contributed by atoms with E-state index in [0.29, 0.717) is 23.5 Å². The fourth-order valence-corrected chi connectivity index (χ4v) is 2.21. The number of rotatable bonds is 3. The first-order chi connectivity index (χ1) is 8.01. The molecule has 0 radical (unpaired) electrons. The lowest BCUT2D eigenvalue weighted by molar-refractivity contribution is 0.279. The highest BCUT2D eigenvalue weighted by atomic mass is 79.9. The quantitative estimate of drug-likeness (QED) is 0.738. The Morgan fingerprint density at radius 1 is 1.35 bits per heavy atom. The summed E-state index contributed by atoms with van der Waals surface area (Å²) < 4.78 is 22.6. The molecule has 0 fully saturated rings. The number of hydrogen-bond acceptors (Lipinski definition) is 2. The van der Waals surface area contributed by atoms with Gasteiger partial charge in [-0.25, -0.2) is 0 Å². The first-order valence-corrected chi connectivity index (χ1v) is 6.16. The van der Waals surface area contributed by atoms with Crippen molar-refractivity contribution in [2.75, 3.05) is 14.2 Å². The third-order valence-electron chi connectivity index (χ3n) is 2.13. The van der Waals surface area contributed by atoms with Gasteiger partial charge >= 0.3 is 0 Å². The maximum absolute atomic E-state index is 12.9. The van der Waals surface area contributed by atoms with Crippen molar-refractivity contribution in [3.63, 3.8) is 0 Å². The first kappa shape index (κ1) is 14.6. The zero-order valence-corrected chi connectivity index (χ0v) is 12.3. The summed E-state index contributed by atoms with van der Waals surface area (Å²) >= 11 is 14.9. The van der Waals surface area contributed by atoms with Gasteiger partial charge in [0.15, 0.2) is 4.74 Å². The number of hydrogen-bond donors (Lipinski definition) is 0. The van der Waals surface area contributed by atoms with Crippen LogP contribution in [0.15, 0.2) is 44.0 Å². The van der Waals surface area contributed by atoms with Gasteiger partial charge < -0.3 is 9.47 Å². The molecule has 0 aromatic rings. The summed E-state index contributed by atoms with van der Waals surface area (Å²) in [4.78, 5) is 0. The van der Waals surface area contributed by atoms with E-state index in [4.69, 9.17) is 32.7 Å². The molecule has 1 aliphatic rings. The average Bonchev–Trinajstić information content (AvgIpc) is 2.39. The second kappa shape index (κ2) is 6.47. The number of halogens is 4. The third kappa shape index (κ3) is 3.50. The van der Waals surface area contributed by atoms with Gasteiger partial charge in [-0.15, -0.1) is 0 Å². The van der Waals surface area contributed by atoms with Crippen molar-refractivity contribution in [1.29, 1.82) is 0 Å². The second-order valence-corrected chi connectivity index (χ2v) is 4.59. The fourth-order valence-electron chi connectivity index (χ4n) is 1.33. The Bertz CT molecular complexity index is 435. The van der Waals surface area contributed by atoms with Crippen LogP contribution in [0.1, 0.15) is 6.42 Å². The van der Waals surface area contributed by atoms with E-state index in [1.807, 2.05) is 0 Å². The van der Waals surface area contributed by atoms with E-state index in [-0.39, 0.29) is 10.1 Å². The summed E-state index contributed by atoms with van der Waals surface area (Å²) in [5.74, 6) is 0.925. The Labute approximate surface area is 117 Å². The van der Waals surface area contributed by atoms with E-state index in [1.165, 1.54) is 20.3 Å². The van der Waals surface area contributed by atoms with Crippen LogP contribution in [0.25, 0.3) is 0 Å². The van der Waals surface area contributed by atoms with Crippen LogP contribution in [-0.2, 0) is 9.47 Å². The van der Waals surface area contributed by atoms with Gasteiger partial charge in [-0.3, -0.25) is 0 Å². The van der Waals surface area contributed by atoms with Crippen molar-refractivity contribution >= 4 is 39.1 Å². The lowest BCUT2D eigenvalue weighted by Crippen LogP contribution is -1.92. The number of allylic oxidation sites excluding steroid dienone is 5. The van der Waals surface area contributed by atoms with Crippen LogP contribution >= 0.6 is 39.1 Å². The standard InChI is InChI=1S/C11H10BrCl2FO2/c1-16-7-3-4-8(17-2)11(14)6(10(7)13)5-9(12)15/h3,5H,4H2,1-2H3/b9-5-. The molecular formula is C11H10BrCl2FO2. The zero-order chi connectivity index (χ0) is 13.0. The third-order valence-corrected chi connectivity index (χ3v) is 3.16. The molecule has 0 atom stereocenters. The highest BCUT2D eigenvalue weighted by molar-refractivity contribution is 9.11. The molecule has 0 aromatic heterocycles. The summed E-state index contributed by atoms with van der Waals surface area (Å²) in [5, 5.41) is 0.495. The lowest BCUT2D eigenvalue weighted by Gasteiger charge is -2.08. The van der Waals surface area contributed by atoms with Crippen molar-refractivity contribution in [3.8, 4) is 0 Å². The van der Waals surface area contributed by atoms with Crippen LogP contribution in [0.5, 0.6) is 0 Å². The van der Waals surface area contributed by atoms with Crippen molar-refractivity contribution < 1.29 is 13.9 Å². The summed E-state index contributed by atoms with van der Waals surface area (Å²) in [6.07, 6.45) is 3.31. The predicted octanol–water partition coefficient (Wildman–Crippen LogP) is 4.72. The SMILES string of the molecule is COC1=CCC(OC)=C(Cl)C(/C=C(\F)Br)=C1Cl. The van der Waals surface area contributed by atoms with E-state index in [1.54, 1.807) is 6.08 Å². The van der Waals surface area contributed by atoms with Gasteiger partial charge in [-0.2, -0.15) is 4.39 Å². The molecule has 0 unspecified atom stereocenters. The molecule has 0 saturated heterocycles. The molecular weight excluding hydrogens is 334 g/mol. The van der Waals surface area contributed by atoms with Gasteiger partial charge in [-0.05, 0) is 28.1 Å². The van der Waals surface area contributed by atoms with Gasteiger partial charge in [0.1, 0.15) is 11.5 Å². The largest absolute Gasteiger partial charge is 0.499 e. The maximum Gasteiger partial charge on any atom is 0.166 e. The summed E-state index contributed by atoms with van der Waals surface area (Å²) in [6.45, 7) is 0. The van der Waals surface area contributed by atoms with E-state index in [0.717, 1.165) is 0 Å². The molecule has 1 rings (SSSR count). The summed E-state index contributed by atoms with van der Waals surface area (Å²) in [6, 6.07) is 0. The molecule has 1 aliphatic carbocycles. The highest BCUT2D eigenvalue weighted by Gasteiger charge is 2.20. The molecule has 94 valence electrons. The van der Waals surface area contributed by atoms with Gasteiger partial charge in [0.2, 0.25) is 0 Å². The molecule has 0 aliphatic heterocycles. The first-order valence-electron chi connectivity index (χ1n) is 4.61. The number of ether oxygens (including phenoxy) is 2. The van der Waals surface area contributed by atoms with Crippen molar-refractivity contribution in [2.45, 2.75) is 6.42 Å². The van der Waals surface area contributed by atoms with Gasteiger partial charge in [0.05, 0.1) is 24.3 Å². The van der Waals surface area contributed by atoms with Crippen LogP contribution in [-0.4, -0.2) is 14.2 Å². The highest BCUT2D eigenvalue weighted by Crippen LogP contribution is 2.36. The Morgan fingerprint density at radius 2 is 2.00 bits per heavy atom. The second-order valence-electron chi connectivity index (χ2n) is 3.08. The normalized spacial score (nSPS) is 18.0. The molecule has 0 amide bonds. The Hall–Kier alpha value is -0.450. The average molecular weight is 344 g/mol. The maximum atomic E-state index is 12.9. The molecule has 0 N–H and O–H groups in total. The molecule has 0 spiro atoms. The topological polar surface area (TPSA) is 18.5 Å². The summed E-state index contributed by atoms with van der Waals surface area (Å²) in [7, 11) is 2.97. The zero-order valence-electron chi connectivity index (χ0n) is 9.19. The minimum Gasteiger partial charge on any atom is -0.499 e. The Kier molecular flexibility index (Phi) is 5.56. The van der Waals surface area contributed by atoms with Crippen LogP contribution in [0, 0.1) is 0 Å².